The Labute approximate surface area is 194 Å². The maximum atomic E-state index is 12.6. The summed E-state index contributed by atoms with van der Waals surface area (Å²) in [6, 6.07) is 12.0. The topological polar surface area (TPSA) is 88.9 Å². The summed E-state index contributed by atoms with van der Waals surface area (Å²) >= 11 is 13.3. The van der Waals surface area contributed by atoms with Gasteiger partial charge in [0.1, 0.15) is 0 Å². The second kappa shape index (κ2) is 10.2. The fourth-order valence-corrected chi connectivity index (χ4v) is 3.98. The number of thioether (sulfide) groups is 1. The minimum atomic E-state index is -0.363. The number of anilines is 1. The van der Waals surface area contributed by atoms with Gasteiger partial charge in [0.25, 0.3) is 5.91 Å². The average Bonchev–Trinajstić information content (AvgIpc) is 3.10. The Morgan fingerprint density at radius 3 is 2.61 bits per heavy atom. The first-order valence-electron chi connectivity index (χ1n) is 9.40. The SMILES string of the molecule is Cc1ccccc1C(=O)N[C@H](C)c1nnc(SCC(=O)Nc2cccc(Cl)c2Cl)n1C. The summed E-state index contributed by atoms with van der Waals surface area (Å²) < 4.78 is 1.76. The number of aryl methyl sites for hydroxylation is 1. The molecule has 0 saturated heterocycles. The molecule has 31 heavy (non-hydrogen) atoms. The zero-order valence-corrected chi connectivity index (χ0v) is 19.5. The van der Waals surface area contributed by atoms with E-state index in [9.17, 15) is 9.59 Å². The average molecular weight is 478 g/mol. The van der Waals surface area contributed by atoms with E-state index < -0.39 is 0 Å². The molecule has 3 rings (SSSR count). The predicted octanol–water partition coefficient (Wildman–Crippen LogP) is 4.65. The van der Waals surface area contributed by atoms with Crippen LogP contribution in [0.15, 0.2) is 47.6 Å². The lowest BCUT2D eigenvalue weighted by molar-refractivity contribution is -0.113. The fourth-order valence-electron chi connectivity index (χ4n) is 2.91. The molecule has 3 aromatic rings. The molecule has 1 aromatic heterocycles. The summed E-state index contributed by atoms with van der Waals surface area (Å²) in [6.45, 7) is 3.72. The molecule has 0 radical (unpaired) electrons. The number of carbonyl (C=O) groups excluding carboxylic acids is 2. The van der Waals surface area contributed by atoms with Crippen molar-refractivity contribution >= 4 is 52.5 Å². The van der Waals surface area contributed by atoms with Gasteiger partial charge >= 0.3 is 0 Å². The molecule has 1 heterocycles. The molecule has 0 spiro atoms. The highest BCUT2D eigenvalue weighted by Crippen LogP contribution is 2.29. The van der Waals surface area contributed by atoms with Crippen LogP contribution >= 0.6 is 35.0 Å². The first kappa shape index (κ1) is 23.1. The number of halogens is 2. The summed E-state index contributed by atoms with van der Waals surface area (Å²) in [6.07, 6.45) is 0. The molecule has 0 aliphatic heterocycles. The van der Waals surface area contributed by atoms with Crippen molar-refractivity contribution in [3.63, 3.8) is 0 Å². The molecule has 0 aliphatic carbocycles. The van der Waals surface area contributed by atoms with E-state index in [0.717, 1.165) is 5.56 Å². The van der Waals surface area contributed by atoms with E-state index in [-0.39, 0.29) is 23.6 Å². The van der Waals surface area contributed by atoms with Crippen LogP contribution < -0.4 is 10.6 Å². The van der Waals surface area contributed by atoms with Gasteiger partial charge < -0.3 is 15.2 Å². The lowest BCUT2D eigenvalue weighted by atomic mass is 10.1. The van der Waals surface area contributed by atoms with Gasteiger partial charge in [-0.25, -0.2) is 0 Å². The van der Waals surface area contributed by atoms with E-state index >= 15 is 0 Å². The van der Waals surface area contributed by atoms with Crippen LogP contribution in [0.4, 0.5) is 5.69 Å². The number of nitrogens with one attached hydrogen (secondary N) is 2. The summed E-state index contributed by atoms with van der Waals surface area (Å²) in [4.78, 5) is 24.8. The zero-order chi connectivity index (χ0) is 22.5. The molecule has 162 valence electrons. The van der Waals surface area contributed by atoms with Crippen LogP contribution in [0.5, 0.6) is 0 Å². The molecule has 2 amide bonds. The molecule has 10 heteroatoms. The molecule has 7 nitrogen and oxygen atoms in total. The Balaban J connectivity index is 1.60. The van der Waals surface area contributed by atoms with E-state index in [1.807, 2.05) is 32.0 Å². The van der Waals surface area contributed by atoms with Gasteiger partial charge in [-0.05, 0) is 37.6 Å². The third-order valence-corrected chi connectivity index (χ3v) is 6.39. The number of hydrogen-bond donors (Lipinski definition) is 2. The number of benzene rings is 2. The smallest absolute Gasteiger partial charge is 0.252 e. The Morgan fingerprint density at radius 1 is 1.13 bits per heavy atom. The Bertz CT molecular complexity index is 1120. The van der Waals surface area contributed by atoms with E-state index in [1.54, 1.807) is 35.9 Å². The maximum Gasteiger partial charge on any atom is 0.252 e. The van der Waals surface area contributed by atoms with Crippen LogP contribution in [0.1, 0.15) is 34.7 Å². The van der Waals surface area contributed by atoms with Gasteiger partial charge in [0.2, 0.25) is 5.91 Å². The second-order valence-electron chi connectivity index (χ2n) is 6.85. The van der Waals surface area contributed by atoms with Crippen LogP contribution in [0, 0.1) is 6.92 Å². The molecule has 0 bridgehead atoms. The molecule has 1 atom stereocenters. The highest BCUT2D eigenvalue weighted by Gasteiger charge is 2.20. The fraction of sp³-hybridized carbons (Fsp3) is 0.238. The molecule has 0 aliphatic rings. The second-order valence-corrected chi connectivity index (χ2v) is 8.58. The van der Waals surface area contributed by atoms with Crippen molar-refractivity contribution < 1.29 is 9.59 Å². The van der Waals surface area contributed by atoms with Gasteiger partial charge in [0, 0.05) is 12.6 Å². The number of hydrogen-bond acceptors (Lipinski definition) is 5. The number of nitrogens with zero attached hydrogens (tertiary/aromatic N) is 3. The monoisotopic (exact) mass is 477 g/mol. The van der Waals surface area contributed by atoms with E-state index in [1.165, 1.54) is 11.8 Å². The summed E-state index contributed by atoms with van der Waals surface area (Å²) in [5.41, 5.74) is 1.96. The van der Waals surface area contributed by atoms with Crippen molar-refractivity contribution in [2.45, 2.75) is 25.0 Å². The standard InChI is InChI=1S/C21H21Cl2N5O2S/c1-12-7-4-5-8-14(12)20(30)24-13(2)19-26-27-21(28(19)3)31-11-17(29)25-16-10-6-9-15(22)18(16)23/h4-10,13H,11H2,1-3H3,(H,24,30)(H,25,29)/t13-/m1/s1. The van der Waals surface area contributed by atoms with Gasteiger partial charge in [0.05, 0.1) is 27.5 Å². The first-order chi connectivity index (χ1) is 14.8. The molecule has 2 aromatic carbocycles. The lowest BCUT2D eigenvalue weighted by Crippen LogP contribution is -2.29. The van der Waals surface area contributed by atoms with Crippen molar-refractivity contribution in [3.05, 3.63) is 69.5 Å². The van der Waals surface area contributed by atoms with Crippen LogP contribution in [0.2, 0.25) is 10.0 Å². The maximum absolute atomic E-state index is 12.6. The Kier molecular flexibility index (Phi) is 7.59. The molecule has 0 unspecified atom stereocenters. The Hall–Kier alpha value is -2.55. The minimum Gasteiger partial charge on any atom is -0.342 e. The first-order valence-corrected chi connectivity index (χ1v) is 11.1. The molecule has 0 fully saturated rings. The minimum absolute atomic E-state index is 0.110. The van der Waals surface area contributed by atoms with Crippen LogP contribution in [-0.4, -0.2) is 32.3 Å². The molecule has 2 N–H and O–H groups in total. The number of amides is 2. The van der Waals surface area contributed by atoms with Gasteiger partial charge in [-0.2, -0.15) is 0 Å². The largest absolute Gasteiger partial charge is 0.342 e. The highest BCUT2D eigenvalue weighted by atomic mass is 35.5. The number of carbonyl (C=O) groups is 2. The predicted molar refractivity (Wildman–Crippen MR) is 124 cm³/mol. The zero-order valence-electron chi connectivity index (χ0n) is 17.1. The quantitative estimate of drug-likeness (QED) is 0.483. The van der Waals surface area contributed by atoms with E-state index in [2.05, 4.69) is 20.8 Å². The van der Waals surface area contributed by atoms with Crippen molar-refractivity contribution in [2.24, 2.45) is 7.05 Å². The summed E-state index contributed by atoms with van der Waals surface area (Å²) in [7, 11) is 1.79. The normalized spacial score (nSPS) is 11.8. The van der Waals surface area contributed by atoms with Crippen molar-refractivity contribution in [1.82, 2.24) is 20.1 Å². The van der Waals surface area contributed by atoms with Crippen molar-refractivity contribution in [2.75, 3.05) is 11.1 Å². The van der Waals surface area contributed by atoms with Crippen molar-refractivity contribution in [3.8, 4) is 0 Å². The van der Waals surface area contributed by atoms with Gasteiger partial charge in [-0.3, -0.25) is 9.59 Å². The van der Waals surface area contributed by atoms with Crippen molar-refractivity contribution in [1.29, 1.82) is 0 Å². The van der Waals surface area contributed by atoms with E-state index in [4.69, 9.17) is 23.2 Å². The third-order valence-electron chi connectivity index (χ3n) is 4.55. The third kappa shape index (κ3) is 5.58. The van der Waals surface area contributed by atoms with Crippen LogP contribution in [-0.2, 0) is 11.8 Å². The van der Waals surface area contributed by atoms with E-state index in [0.29, 0.717) is 32.3 Å². The highest BCUT2D eigenvalue weighted by molar-refractivity contribution is 7.99. The number of rotatable bonds is 7. The van der Waals surface area contributed by atoms with Crippen LogP contribution in [0.3, 0.4) is 0 Å². The van der Waals surface area contributed by atoms with Crippen LogP contribution in [0.25, 0.3) is 0 Å². The number of aromatic nitrogens is 3. The lowest BCUT2D eigenvalue weighted by Gasteiger charge is -2.14. The summed E-state index contributed by atoms with van der Waals surface area (Å²) in [5.74, 6) is 0.265. The molecule has 0 saturated carbocycles. The van der Waals surface area contributed by atoms with Gasteiger partial charge in [-0.15, -0.1) is 10.2 Å². The van der Waals surface area contributed by atoms with Gasteiger partial charge in [0.15, 0.2) is 11.0 Å². The van der Waals surface area contributed by atoms with Gasteiger partial charge in [-0.1, -0.05) is 59.2 Å². The molecular weight excluding hydrogens is 457 g/mol. The molecular formula is C21H21Cl2N5O2S. The summed E-state index contributed by atoms with van der Waals surface area (Å²) in [5, 5.41) is 15.2. The Morgan fingerprint density at radius 2 is 1.87 bits per heavy atom.